The van der Waals surface area contributed by atoms with Gasteiger partial charge in [-0.1, -0.05) is 19.9 Å². The number of hydrogen-bond acceptors (Lipinski definition) is 6. The van der Waals surface area contributed by atoms with Gasteiger partial charge in [-0.15, -0.1) is 0 Å². The predicted octanol–water partition coefficient (Wildman–Crippen LogP) is 2.39. The first-order valence-electron chi connectivity index (χ1n) is 7.56. The van der Waals surface area contributed by atoms with Gasteiger partial charge in [0.05, 0.1) is 12.7 Å². The maximum Gasteiger partial charge on any atom is 0.337 e. The standard InChI is InChI=1S/C17H20N4O3/c1-11(2)10-19-15(22)14-7-8-18-17(21-14)20-13-6-4-5-12(9-13)16(23)24-3/h4-9,11H,10H2,1-3H3,(H,19,22)(H,18,20,21). The fourth-order valence-corrected chi connectivity index (χ4v) is 1.90. The Labute approximate surface area is 140 Å². The van der Waals surface area contributed by atoms with Crippen LogP contribution in [0, 0.1) is 5.92 Å². The summed E-state index contributed by atoms with van der Waals surface area (Å²) in [4.78, 5) is 31.9. The van der Waals surface area contributed by atoms with Crippen molar-refractivity contribution in [2.75, 3.05) is 19.0 Å². The van der Waals surface area contributed by atoms with Crippen LogP contribution in [0.25, 0.3) is 0 Å². The highest BCUT2D eigenvalue weighted by atomic mass is 16.5. The molecule has 0 unspecified atom stereocenters. The number of esters is 1. The lowest BCUT2D eigenvalue weighted by molar-refractivity contribution is 0.0600. The van der Waals surface area contributed by atoms with Crippen molar-refractivity contribution in [2.45, 2.75) is 13.8 Å². The molecule has 0 aliphatic carbocycles. The number of amides is 1. The zero-order valence-electron chi connectivity index (χ0n) is 13.9. The Hall–Kier alpha value is -2.96. The monoisotopic (exact) mass is 328 g/mol. The first-order chi connectivity index (χ1) is 11.5. The highest BCUT2D eigenvalue weighted by Crippen LogP contribution is 2.15. The molecular weight excluding hydrogens is 308 g/mol. The van der Waals surface area contributed by atoms with Crippen LogP contribution >= 0.6 is 0 Å². The lowest BCUT2D eigenvalue weighted by atomic mass is 10.2. The summed E-state index contributed by atoms with van der Waals surface area (Å²) >= 11 is 0. The summed E-state index contributed by atoms with van der Waals surface area (Å²) in [7, 11) is 1.32. The number of hydrogen-bond donors (Lipinski definition) is 2. The topological polar surface area (TPSA) is 93.2 Å². The summed E-state index contributed by atoms with van der Waals surface area (Å²) in [5.74, 6) is -0.0532. The Morgan fingerprint density at radius 1 is 1.25 bits per heavy atom. The molecule has 1 aromatic heterocycles. The summed E-state index contributed by atoms with van der Waals surface area (Å²) < 4.78 is 4.69. The van der Waals surface area contributed by atoms with Crippen molar-refractivity contribution in [1.82, 2.24) is 15.3 Å². The minimum Gasteiger partial charge on any atom is -0.465 e. The van der Waals surface area contributed by atoms with E-state index in [1.165, 1.54) is 13.3 Å². The van der Waals surface area contributed by atoms with Gasteiger partial charge < -0.3 is 15.4 Å². The van der Waals surface area contributed by atoms with Crippen molar-refractivity contribution in [3.8, 4) is 0 Å². The molecule has 0 radical (unpaired) electrons. The molecule has 0 bridgehead atoms. The number of anilines is 2. The molecule has 2 aromatic rings. The largest absolute Gasteiger partial charge is 0.465 e. The van der Waals surface area contributed by atoms with Crippen molar-refractivity contribution in [1.29, 1.82) is 0 Å². The molecule has 1 aromatic carbocycles. The number of rotatable bonds is 6. The van der Waals surface area contributed by atoms with Crippen LogP contribution in [0.3, 0.4) is 0 Å². The minimum absolute atomic E-state index is 0.252. The summed E-state index contributed by atoms with van der Waals surface area (Å²) in [5, 5.41) is 5.78. The lowest BCUT2D eigenvalue weighted by Crippen LogP contribution is -2.28. The molecular formula is C17H20N4O3. The normalized spacial score (nSPS) is 10.3. The Morgan fingerprint density at radius 3 is 2.75 bits per heavy atom. The van der Waals surface area contributed by atoms with Gasteiger partial charge in [-0.2, -0.15) is 0 Å². The Kier molecular flexibility index (Phi) is 5.83. The molecule has 0 saturated heterocycles. The van der Waals surface area contributed by atoms with E-state index in [9.17, 15) is 9.59 Å². The van der Waals surface area contributed by atoms with E-state index in [4.69, 9.17) is 0 Å². The summed E-state index contributed by atoms with van der Waals surface area (Å²) in [6, 6.07) is 8.30. The molecule has 0 saturated carbocycles. The molecule has 7 nitrogen and oxygen atoms in total. The molecule has 7 heteroatoms. The molecule has 0 aliphatic rings. The third kappa shape index (κ3) is 4.77. The Bertz CT molecular complexity index is 731. The van der Waals surface area contributed by atoms with Crippen molar-refractivity contribution in [2.24, 2.45) is 5.92 Å². The predicted molar refractivity (Wildman–Crippen MR) is 90.3 cm³/mol. The van der Waals surface area contributed by atoms with E-state index < -0.39 is 5.97 Å². The average molecular weight is 328 g/mol. The lowest BCUT2D eigenvalue weighted by Gasteiger charge is -2.09. The third-order valence-corrected chi connectivity index (χ3v) is 3.10. The van der Waals surface area contributed by atoms with E-state index >= 15 is 0 Å². The zero-order chi connectivity index (χ0) is 17.5. The molecule has 0 aliphatic heterocycles. The van der Waals surface area contributed by atoms with Crippen LogP contribution in [-0.2, 0) is 4.74 Å². The van der Waals surface area contributed by atoms with Gasteiger partial charge in [-0.3, -0.25) is 4.79 Å². The SMILES string of the molecule is COC(=O)c1cccc(Nc2nccc(C(=O)NCC(C)C)n2)c1. The molecule has 1 heterocycles. The zero-order valence-corrected chi connectivity index (χ0v) is 13.9. The maximum atomic E-state index is 12.0. The number of methoxy groups -OCH3 is 1. The van der Waals surface area contributed by atoms with Gasteiger partial charge in [0.25, 0.3) is 5.91 Å². The van der Waals surface area contributed by atoms with E-state index in [1.54, 1.807) is 30.3 Å². The number of carbonyl (C=O) groups excluding carboxylic acids is 2. The maximum absolute atomic E-state index is 12.0. The van der Waals surface area contributed by atoms with Gasteiger partial charge >= 0.3 is 5.97 Å². The quantitative estimate of drug-likeness (QED) is 0.791. The number of ether oxygens (including phenoxy) is 1. The van der Waals surface area contributed by atoms with Gasteiger partial charge in [-0.05, 0) is 30.2 Å². The van der Waals surface area contributed by atoms with E-state index in [1.807, 2.05) is 13.8 Å². The molecule has 0 fully saturated rings. The number of nitrogens with one attached hydrogen (secondary N) is 2. The smallest absolute Gasteiger partial charge is 0.337 e. The van der Waals surface area contributed by atoms with Crippen LogP contribution in [0.1, 0.15) is 34.7 Å². The molecule has 2 N–H and O–H groups in total. The molecule has 1 amide bonds. The second-order valence-electron chi connectivity index (χ2n) is 5.57. The van der Waals surface area contributed by atoms with Crippen LogP contribution in [0.5, 0.6) is 0 Å². The van der Waals surface area contributed by atoms with Gasteiger partial charge in [0.2, 0.25) is 5.95 Å². The van der Waals surface area contributed by atoms with Gasteiger partial charge in [0, 0.05) is 18.4 Å². The number of nitrogens with zero attached hydrogens (tertiary/aromatic N) is 2. The number of aromatic nitrogens is 2. The summed E-state index contributed by atoms with van der Waals surface area (Å²) in [6.45, 7) is 4.61. The van der Waals surface area contributed by atoms with Gasteiger partial charge in [0.15, 0.2) is 0 Å². The van der Waals surface area contributed by atoms with Crippen LogP contribution in [0.2, 0.25) is 0 Å². The van der Waals surface area contributed by atoms with Crippen molar-refractivity contribution < 1.29 is 14.3 Å². The summed E-state index contributed by atoms with van der Waals surface area (Å²) in [5.41, 5.74) is 1.31. The Balaban J connectivity index is 2.12. The van der Waals surface area contributed by atoms with E-state index in [-0.39, 0.29) is 17.5 Å². The van der Waals surface area contributed by atoms with Crippen molar-refractivity contribution >= 4 is 23.5 Å². The Morgan fingerprint density at radius 2 is 2.04 bits per heavy atom. The fraction of sp³-hybridized carbons (Fsp3) is 0.294. The van der Waals surface area contributed by atoms with E-state index in [2.05, 4.69) is 25.3 Å². The molecule has 0 spiro atoms. The van der Waals surface area contributed by atoms with Crippen LogP contribution in [-0.4, -0.2) is 35.5 Å². The third-order valence-electron chi connectivity index (χ3n) is 3.10. The molecule has 24 heavy (non-hydrogen) atoms. The molecule has 126 valence electrons. The minimum atomic E-state index is -0.429. The van der Waals surface area contributed by atoms with Crippen molar-refractivity contribution in [3.63, 3.8) is 0 Å². The first kappa shape index (κ1) is 17.4. The van der Waals surface area contributed by atoms with Gasteiger partial charge in [0.1, 0.15) is 5.69 Å². The van der Waals surface area contributed by atoms with Gasteiger partial charge in [-0.25, -0.2) is 14.8 Å². The first-order valence-corrected chi connectivity index (χ1v) is 7.56. The van der Waals surface area contributed by atoms with E-state index in [0.717, 1.165) is 0 Å². The molecule has 2 rings (SSSR count). The second-order valence-corrected chi connectivity index (χ2v) is 5.57. The van der Waals surface area contributed by atoms with Crippen LogP contribution in [0.4, 0.5) is 11.6 Å². The van der Waals surface area contributed by atoms with Crippen LogP contribution < -0.4 is 10.6 Å². The number of carbonyl (C=O) groups is 2. The molecule has 0 atom stereocenters. The average Bonchev–Trinajstić information content (AvgIpc) is 2.59. The number of benzene rings is 1. The summed E-state index contributed by atoms with van der Waals surface area (Å²) in [6.07, 6.45) is 1.50. The van der Waals surface area contributed by atoms with Crippen LogP contribution in [0.15, 0.2) is 36.5 Å². The van der Waals surface area contributed by atoms with Crippen molar-refractivity contribution in [3.05, 3.63) is 47.8 Å². The fourth-order valence-electron chi connectivity index (χ4n) is 1.90. The second kappa shape index (κ2) is 8.05. The highest BCUT2D eigenvalue weighted by molar-refractivity contribution is 5.92. The van der Waals surface area contributed by atoms with E-state index in [0.29, 0.717) is 23.7 Å². The highest BCUT2D eigenvalue weighted by Gasteiger charge is 2.10.